The number of rotatable bonds is 1. The van der Waals surface area contributed by atoms with Crippen LogP contribution >= 0.6 is 0 Å². The minimum atomic E-state index is 0.231. The predicted octanol–water partition coefficient (Wildman–Crippen LogP) is 0.0393. The van der Waals surface area contributed by atoms with E-state index in [1.54, 1.807) is 0 Å². The molecule has 9 heavy (non-hydrogen) atoms. The van der Waals surface area contributed by atoms with Crippen LogP contribution in [0.4, 0.5) is 0 Å². The first-order valence-corrected chi connectivity index (χ1v) is 3.68. The molecule has 2 rings (SSSR count). The summed E-state index contributed by atoms with van der Waals surface area (Å²) in [7, 11) is 2.13. The highest BCUT2D eigenvalue weighted by Gasteiger charge is 2.48. The summed E-state index contributed by atoms with van der Waals surface area (Å²) in [4.78, 5) is 2.29. The van der Waals surface area contributed by atoms with Gasteiger partial charge in [0.25, 0.3) is 0 Å². The van der Waals surface area contributed by atoms with Crippen LogP contribution in [0.1, 0.15) is 12.8 Å². The Hall–Kier alpha value is -0.0800. The van der Waals surface area contributed by atoms with Crippen molar-refractivity contribution in [1.29, 1.82) is 0 Å². The number of nitrogens with zero attached hydrogens (tertiary/aromatic N) is 1. The third kappa shape index (κ3) is 0.775. The van der Waals surface area contributed by atoms with Crippen LogP contribution in [-0.4, -0.2) is 30.6 Å². The van der Waals surface area contributed by atoms with Crippen molar-refractivity contribution >= 4 is 0 Å². The first-order chi connectivity index (χ1) is 4.21. The second kappa shape index (κ2) is 1.50. The zero-order valence-corrected chi connectivity index (χ0v) is 5.93. The van der Waals surface area contributed by atoms with Crippen LogP contribution in [-0.2, 0) is 0 Å². The highest BCUT2D eigenvalue weighted by atomic mass is 15.2. The molecule has 0 unspecified atom stereocenters. The lowest BCUT2D eigenvalue weighted by Crippen LogP contribution is -2.67. The van der Waals surface area contributed by atoms with Crippen LogP contribution in [0.25, 0.3) is 0 Å². The quantitative estimate of drug-likeness (QED) is 0.537. The maximum atomic E-state index is 6.06. The summed E-state index contributed by atoms with van der Waals surface area (Å²) in [5.74, 6) is 0.869. The van der Waals surface area contributed by atoms with Crippen LogP contribution in [0.2, 0.25) is 0 Å². The van der Waals surface area contributed by atoms with Gasteiger partial charge in [0, 0.05) is 18.6 Å². The Morgan fingerprint density at radius 3 is 2.33 bits per heavy atom. The van der Waals surface area contributed by atoms with Crippen molar-refractivity contribution in [2.24, 2.45) is 11.7 Å². The molecule has 2 N–H and O–H groups in total. The summed E-state index contributed by atoms with van der Waals surface area (Å²) >= 11 is 0. The lowest BCUT2D eigenvalue weighted by molar-refractivity contribution is 0.0814. The molecule has 1 saturated heterocycles. The van der Waals surface area contributed by atoms with Crippen molar-refractivity contribution in [3.05, 3.63) is 0 Å². The fraction of sp³-hybridized carbons (Fsp3) is 1.00. The summed E-state index contributed by atoms with van der Waals surface area (Å²) in [5, 5.41) is 0. The number of likely N-dealkylation sites (tertiary alicyclic amines) is 1. The molecule has 0 amide bonds. The van der Waals surface area contributed by atoms with Gasteiger partial charge in [0.1, 0.15) is 0 Å². The van der Waals surface area contributed by atoms with Gasteiger partial charge in [0.2, 0.25) is 0 Å². The summed E-state index contributed by atoms with van der Waals surface area (Å²) in [6.07, 6.45) is 2.76. The maximum absolute atomic E-state index is 6.06. The number of likely N-dealkylation sites (N-methyl/N-ethyl adjacent to an activating group) is 1. The molecule has 0 spiro atoms. The van der Waals surface area contributed by atoms with Gasteiger partial charge >= 0.3 is 0 Å². The molecule has 2 heteroatoms. The van der Waals surface area contributed by atoms with Crippen molar-refractivity contribution in [3.63, 3.8) is 0 Å². The second-order valence-electron chi connectivity index (χ2n) is 3.68. The van der Waals surface area contributed by atoms with Gasteiger partial charge in [-0.2, -0.15) is 0 Å². The van der Waals surface area contributed by atoms with E-state index in [9.17, 15) is 0 Å². The summed E-state index contributed by atoms with van der Waals surface area (Å²) in [6.45, 7) is 2.25. The van der Waals surface area contributed by atoms with E-state index in [1.165, 1.54) is 12.8 Å². The van der Waals surface area contributed by atoms with Gasteiger partial charge in [-0.05, 0) is 25.8 Å². The molecule has 2 fully saturated rings. The number of hydrogen-bond acceptors (Lipinski definition) is 2. The van der Waals surface area contributed by atoms with E-state index in [2.05, 4.69) is 11.9 Å². The zero-order chi connectivity index (χ0) is 6.48. The highest BCUT2D eigenvalue weighted by Crippen LogP contribution is 2.42. The smallest absolute Gasteiger partial charge is 0.0440 e. The average Bonchev–Trinajstić information content (AvgIpc) is 2.39. The standard InChI is InChI=1S/C7H14N2/c1-9-4-7(8,5-9)6-2-3-6/h6H,2-5,8H2,1H3. The van der Waals surface area contributed by atoms with E-state index >= 15 is 0 Å². The van der Waals surface area contributed by atoms with Crippen LogP contribution in [0.3, 0.4) is 0 Å². The van der Waals surface area contributed by atoms with Crippen molar-refractivity contribution in [1.82, 2.24) is 4.90 Å². The summed E-state index contributed by atoms with van der Waals surface area (Å²) < 4.78 is 0. The van der Waals surface area contributed by atoms with Crippen LogP contribution in [0.5, 0.6) is 0 Å². The molecule has 1 saturated carbocycles. The molecule has 2 nitrogen and oxygen atoms in total. The van der Waals surface area contributed by atoms with Crippen molar-refractivity contribution in [3.8, 4) is 0 Å². The Morgan fingerprint density at radius 2 is 2.00 bits per heavy atom. The molecule has 1 aliphatic carbocycles. The molecule has 1 heterocycles. The van der Waals surface area contributed by atoms with Gasteiger partial charge in [-0.25, -0.2) is 0 Å². The Labute approximate surface area is 56.0 Å². The molecule has 0 aromatic rings. The van der Waals surface area contributed by atoms with Gasteiger partial charge in [-0.1, -0.05) is 0 Å². The Morgan fingerprint density at radius 1 is 1.44 bits per heavy atom. The fourth-order valence-corrected chi connectivity index (χ4v) is 1.88. The van der Waals surface area contributed by atoms with Gasteiger partial charge in [0.15, 0.2) is 0 Å². The Balaban J connectivity index is 1.94. The molecular formula is C7H14N2. The molecule has 2 aliphatic rings. The third-order valence-electron chi connectivity index (χ3n) is 2.52. The van der Waals surface area contributed by atoms with Crippen molar-refractivity contribution in [2.45, 2.75) is 18.4 Å². The SMILES string of the molecule is CN1CC(N)(C2CC2)C1. The Kier molecular flexibility index (Phi) is 0.945. The second-order valence-corrected chi connectivity index (χ2v) is 3.68. The van der Waals surface area contributed by atoms with Crippen LogP contribution in [0, 0.1) is 5.92 Å². The Bertz CT molecular complexity index is 123. The van der Waals surface area contributed by atoms with E-state index in [0.29, 0.717) is 0 Å². The van der Waals surface area contributed by atoms with E-state index in [4.69, 9.17) is 5.73 Å². The third-order valence-corrected chi connectivity index (χ3v) is 2.52. The highest BCUT2D eigenvalue weighted by molar-refractivity contribution is 5.07. The van der Waals surface area contributed by atoms with E-state index < -0.39 is 0 Å². The number of nitrogens with two attached hydrogens (primary N) is 1. The van der Waals surface area contributed by atoms with Gasteiger partial charge in [0.05, 0.1) is 0 Å². The van der Waals surface area contributed by atoms with Crippen LogP contribution < -0.4 is 5.73 Å². The van der Waals surface area contributed by atoms with Gasteiger partial charge < -0.3 is 10.6 Å². The van der Waals surface area contributed by atoms with Gasteiger partial charge in [-0.15, -0.1) is 0 Å². The summed E-state index contributed by atoms with van der Waals surface area (Å²) in [5.41, 5.74) is 6.29. The van der Waals surface area contributed by atoms with E-state index in [-0.39, 0.29) is 5.54 Å². The van der Waals surface area contributed by atoms with E-state index in [1.807, 2.05) is 0 Å². The minimum Gasteiger partial charge on any atom is -0.323 e. The average molecular weight is 126 g/mol. The predicted molar refractivity (Wildman–Crippen MR) is 37.1 cm³/mol. The van der Waals surface area contributed by atoms with Crippen molar-refractivity contribution in [2.75, 3.05) is 20.1 Å². The molecule has 0 aromatic heterocycles. The molecule has 0 atom stereocenters. The molecule has 1 aliphatic heterocycles. The largest absolute Gasteiger partial charge is 0.323 e. The first kappa shape index (κ1) is 5.69. The van der Waals surface area contributed by atoms with E-state index in [0.717, 1.165) is 19.0 Å². The lowest BCUT2D eigenvalue weighted by Gasteiger charge is -2.46. The van der Waals surface area contributed by atoms with Gasteiger partial charge in [-0.3, -0.25) is 0 Å². The molecule has 0 radical (unpaired) electrons. The monoisotopic (exact) mass is 126 g/mol. The van der Waals surface area contributed by atoms with Crippen molar-refractivity contribution < 1.29 is 0 Å². The van der Waals surface area contributed by atoms with Crippen LogP contribution in [0.15, 0.2) is 0 Å². The maximum Gasteiger partial charge on any atom is 0.0440 e. The number of hydrogen-bond donors (Lipinski definition) is 1. The minimum absolute atomic E-state index is 0.231. The first-order valence-electron chi connectivity index (χ1n) is 3.68. The molecular weight excluding hydrogens is 112 g/mol. The fourth-order valence-electron chi connectivity index (χ4n) is 1.88. The topological polar surface area (TPSA) is 29.3 Å². The lowest BCUT2D eigenvalue weighted by atomic mass is 9.86. The summed E-state index contributed by atoms with van der Waals surface area (Å²) in [6, 6.07) is 0. The normalized spacial score (nSPS) is 34.0. The molecule has 0 bridgehead atoms. The zero-order valence-electron chi connectivity index (χ0n) is 5.93. The molecule has 52 valence electrons. The molecule has 0 aromatic carbocycles.